The third-order valence-corrected chi connectivity index (χ3v) is 2.32. The summed E-state index contributed by atoms with van der Waals surface area (Å²) in [7, 11) is -3.32. The zero-order chi connectivity index (χ0) is 9.78. The Balaban J connectivity index is 4.03. The van der Waals surface area contributed by atoms with Crippen LogP contribution in [0.2, 0.25) is 0 Å². The van der Waals surface area contributed by atoms with Gasteiger partial charge in [0.2, 0.25) is 0 Å². The Kier molecular flexibility index (Phi) is 4.49. The Labute approximate surface area is 74.6 Å². The second kappa shape index (κ2) is 4.62. The second-order valence-corrected chi connectivity index (χ2v) is 4.61. The molecular formula is C8H16O3S. The first-order chi connectivity index (χ1) is 5.37. The SMILES string of the molecule is C=CC[C@H](C)[C@H](C)OS(C)(=O)=O. The fourth-order valence-electron chi connectivity index (χ4n) is 0.825. The third kappa shape index (κ3) is 5.32. The maximum Gasteiger partial charge on any atom is 0.264 e. The van der Waals surface area contributed by atoms with Gasteiger partial charge < -0.3 is 0 Å². The smallest absolute Gasteiger partial charge is 0.264 e. The van der Waals surface area contributed by atoms with Gasteiger partial charge in [-0.15, -0.1) is 6.58 Å². The van der Waals surface area contributed by atoms with Gasteiger partial charge in [0.05, 0.1) is 12.4 Å². The number of rotatable bonds is 5. The lowest BCUT2D eigenvalue weighted by Gasteiger charge is -2.16. The topological polar surface area (TPSA) is 43.4 Å². The van der Waals surface area contributed by atoms with E-state index in [2.05, 4.69) is 6.58 Å². The van der Waals surface area contributed by atoms with Crippen LogP contribution in [0.5, 0.6) is 0 Å². The number of allylic oxidation sites excluding steroid dienone is 1. The van der Waals surface area contributed by atoms with Gasteiger partial charge in [-0.05, 0) is 19.3 Å². The van der Waals surface area contributed by atoms with Crippen molar-refractivity contribution in [3.05, 3.63) is 12.7 Å². The molecule has 3 nitrogen and oxygen atoms in total. The van der Waals surface area contributed by atoms with Crippen LogP contribution >= 0.6 is 0 Å². The lowest BCUT2D eigenvalue weighted by molar-refractivity contribution is 0.171. The molecule has 0 aromatic carbocycles. The molecule has 0 amide bonds. The zero-order valence-electron chi connectivity index (χ0n) is 7.78. The van der Waals surface area contributed by atoms with Crippen LogP contribution in [-0.2, 0) is 14.3 Å². The van der Waals surface area contributed by atoms with E-state index in [9.17, 15) is 8.42 Å². The second-order valence-electron chi connectivity index (χ2n) is 3.01. The van der Waals surface area contributed by atoms with Crippen LogP contribution < -0.4 is 0 Å². The predicted molar refractivity (Wildman–Crippen MR) is 49.4 cm³/mol. The van der Waals surface area contributed by atoms with Crippen LogP contribution in [0.4, 0.5) is 0 Å². The summed E-state index contributed by atoms with van der Waals surface area (Å²) in [4.78, 5) is 0. The van der Waals surface area contributed by atoms with Gasteiger partial charge in [0, 0.05) is 0 Å². The lowest BCUT2D eigenvalue weighted by Crippen LogP contribution is -2.21. The first-order valence-corrected chi connectivity index (χ1v) is 5.67. The Morgan fingerprint density at radius 3 is 2.33 bits per heavy atom. The Hall–Kier alpha value is -0.350. The van der Waals surface area contributed by atoms with Crippen LogP contribution in [0, 0.1) is 5.92 Å². The van der Waals surface area contributed by atoms with E-state index in [1.54, 1.807) is 13.0 Å². The van der Waals surface area contributed by atoms with Crippen LogP contribution in [0.25, 0.3) is 0 Å². The molecule has 0 aliphatic rings. The largest absolute Gasteiger partial charge is 0.267 e. The van der Waals surface area contributed by atoms with Crippen molar-refractivity contribution in [2.24, 2.45) is 5.92 Å². The van der Waals surface area contributed by atoms with Gasteiger partial charge in [0.15, 0.2) is 0 Å². The van der Waals surface area contributed by atoms with Crippen molar-refractivity contribution in [3.8, 4) is 0 Å². The molecule has 12 heavy (non-hydrogen) atoms. The Morgan fingerprint density at radius 2 is 2.00 bits per heavy atom. The van der Waals surface area contributed by atoms with Gasteiger partial charge in [-0.2, -0.15) is 8.42 Å². The predicted octanol–water partition coefficient (Wildman–Crippen LogP) is 1.56. The first kappa shape index (κ1) is 11.6. The highest BCUT2D eigenvalue weighted by molar-refractivity contribution is 7.86. The summed E-state index contributed by atoms with van der Waals surface area (Å²) in [5.74, 6) is 0.178. The van der Waals surface area contributed by atoms with Crippen LogP contribution in [-0.4, -0.2) is 20.8 Å². The third-order valence-electron chi connectivity index (χ3n) is 1.67. The fourth-order valence-corrected chi connectivity index (χ4v) is 1.57. The highest BCUT2D eigenvalue weighted by Crippen LogP contribution is 2.13. The average Bonchev–Trinajstić information content (AvgIpc) is 1.84. The summed E-state index contributed by atoms with van der Waals surface area (Å²) < 4.78 is 26.2. The monoisotopic (exact) mass is 192 g/mol. The molecule has 2 atom stereocenters. The molecule has 0 radical (unpaired) electrons. The fraction of sp³-hybridized carbons (Fsp3) is 0.750. The normalized spacial score (nSPS) is 16.9. The minimum atomic E-state index is -3.32. The molecule has 4 heteroatoms. The molecule has 0 aromatic heterocycles. The van der Waals surface area contributed by atoms with Gasteiger partial charge in [-0.25, -0.2) is 0 Å². The van der Waals surface area contributed by atoms with Crippen molar-refractivity contribution in [1.29, 1.82) is 0 Å². The molecule has 0 aromatic rings. The molecule has 0 aliphatic heterocycles. The Morgan fingerprint density at radius 1 is 1.50 bits per heavy atom. The van der Waals surface area contributed by atoms with E-state index in [0.717, 1.165) is 12.7 Å². The molecule has 0 heterocycles. The van der Waals surface area contributed by atoms with Crippen molar-refractivity contribution in [1.82, 2.24) is 0 Å². The number of hydrogen-bond donors (Lipinski definition) is 0. The van der Waals surface area contributed by atoms with E-state index in [4.69, 9.17) is 4.18 Å². The summed E-state index contributed by atoms with van der Waals surface area (Å²) >= 11 is 0. The maximum atomic E-state index is 10.7. The van der Waals surface area contributed by atoms with Crippen molar-refractivity contribution in [2.45, 2.75) is 26.4 Å². The molecule has 0 spiro atoms. The van der Waals surface area contributed by atoms with Gasteiger partial charge >= 0.3 is 0 Å². The molecule has 0 bridgehead atoms. The average molecular weight is 192 g/mol. The highest BCUT2D eigenvalue weighted by Gasteiger charge is 2.15. The van der Waals surface area contributed by atoms with Gasteiger partial charge in [0.1, 0.15) is 0 Å². The summed E-state index contributed by atoms with van der Waals surface area (Å²) in [6, 6.07) is 0. The van der Waals surface area contributed by atoms with E-state index in [1.165, 1.54) is 0 Å². The molecule has 0 unspecified atom stereocenters. The summed E-state index contributed by atoms with van der Waals surface area (Å²) in [6.07, 6.45) is 3.30. The first-order valence-electron chi connectivity index (χ1n) is 3.86. The van der Waals surface area contributed by atoms with Gasteiger partial charge in [-0.1, -0.05) is 13.0 Å². The molecular weight excluding hydrogens is 176 g/mol. The van der Waals surface area contributed by atoms with E-state index in [0.29, 0.717) is 0 Å². The summed E-state index contributed by atoms with van der Waals surface area (Å²) in [5.41, 5.74) is 0. The molecule has 0 fully saturated rings. The zero-order valence-corrected chi connectivity index (χ0v) is 8.60. The van der Waals surface area contributed by atoms with Crippen molar-refractivity contribution in [3.63, 3.8) is 0 Å². The molecule has 0 rings (SSSR count). The van der Waals surface area contributed by atoms with Crippen molar-refractivity contribution < 1.29 is 12.6 Å². The Bertz CT molecular complexity index is 231. The van der Waals surface area contributed by atoms with Crippen LogP contribution in [0.15, 0.2) is 12.7 Å². The number of hydrogen-bond acceptors (Lipinski definition) is 3. The van der Waals surface area contributed by atoms with E-state index in [1.807, 2.05) is 6.92 Å². The minimum absolute atomic E-state index is 0.178. The standard InChI is InChI=1S/C8H16O3S/c1-5-6-7(2)8(3)11-12(4,9)10/h5,7-8H,1,6H2,2-4H3/t7-,8-/m0/s1. The maximum absolute atomic E-state index is 10.7. The lowest BCUT2D eigenvalue weighted by atomic mass is 10.0. The van der Waals surface area contributed by atoms with Gasteiger partial charge in [0.25, 0.3) is 10.1 Å². The molecule has 0 saturated heterocycles. The van der Waals surface area contributed by atoms with Crippen LogP contribution in [0.3, 0.4) is 0 Å². The van der Waals surface area contributed by atoms with Crippen molar-refractivity contribution >= 4 is 10.1 Å². The van der Waals surface area contributed by atoms with E-state index < -0.39 is 10.1 Å². The molecule has 72 valence electrons. The van der Waals surface area contributed by atoms with Crippen molar-refractivity contribution in [2.75, 3.05) is 6.26 Å². The minimum Gasteiger partial charge on any atom is -0.267 e. The quantitative estimate of drug-likeness (QED) is 0.490. The highest BCUT2D eigenvalue weighted by atomic mass is 32.2. The van der Waals surface area contributed by atoms with Crippen LogP contribution in [0.1, 0.15) is 20.3 Å². The van der Waals surface area contributed by atoms with Gasteiger partial charge in [-0.3, -0.25) is 4.18 Å². The molecule has 0 aliphatic carbocycles. The molecule has 0 N–H and O–H groups in total. The summed E-state index contributed by atoms with van der Waals surface area (Å²) in [5, 5.41) is 0. The molecule has 0 saturated carbocycles. The van der Waals surface area contributed by atoms with E-state index >= 15 is 0 Å². The summed E-state index contributed by atoms with van der Waals surface area (Å²) in [6.45, 7) is 7.25. The van der Waals surface area contributed by atoms with E-state index in [-0.39, 0.29) is 12.0 Å².